The number of nitrogens with zero attached hydrogens (tertiary/aromatic N) is 2. The second-order valence-electron chi connectivity index (χ2n) is 4.78. The van der Waals surface area contributed by atoms with E-state index in [0.29, 0.717) is 26.1 Å². The molecule has 0 aliphatic heterocycles. The molecule has 1 saturated carbocycles. The fraction of sp³-hybridized carbons (Fsp3) is 0.846. The summed E-state index contributed by atoms with van der Waals surface area (Å²) in [6.45, 7) is 1.52. The highest BCUT2D eigenvalue weighted by atomic mass is 16.5. The molecule has 0 radical (unpaired) electrons. The molecule has 102 valence electrons. The van der Waals surface area contributed by atoms with E-state index in [-0.39, 0.29) is 17.9 Å². The maximum atomic E-state index is 12.4. The summed E-state index contributed by atoms with van der Waals surface area (Å²) in [6.07, 6.45) is 4.34. The third-order valence-electron chi connectivity index (χ3n) is 3.51. The monoisotopic (exact) mass is 253 g/mol. The summed E-state index contributed by atoms with van der Waals surface area (Å²) < 4.78 is 5.01. The lowest BCUT2D eigenvalue weighted by molar-refractivity contribution is -0.137. The van der Waals surface area contributed by atoms with Gasteiger partial charge >= 0.3 is 0 Å². The van der Waals surface area contributed by atoms with Crippen LogP contribution in [0.4, 0.5) is 0 Å². The third kappa shape index (κ3) is 4.28. The summed E-state index contributed by atoms with van der Waals surface area (Å²) in [4.78, 5) is 14.1. The Balaban J connectivity index is 2.58. The van der Waals surface area contributed by atoms with Crippen LogP contribution >= 0.6 is 0 Å². The number of carbonyl (C=O) groups excluding carboxylic acids is 1. The number of carbonyl (C=O) groups is 1. The first-order valence-electron chi connectivity index (χ1n) is 6.61. The minimum absolute atomic E-state index is 0.0293. The van der Waals surface area contributed by atoms with E-state index < -0.39 is 0 Å². The zero-order valence-corrected chi connectivity index (χ0v) is 11.1. The summed E-state index contributed by atoms with van der Waals surface area (Å²) in [7, 11) is 1.61. The Morgan fingerprint density at radius 3 is 2.78 bits per heavy atom. The third-order valence-corrected chi connectivity index (χ3v) is 3.51. The topological polar surface area (TPSA) is 79.3 Å². The van der Waals surface area contributed by atoms with Crippen LogP contribution in [0.25, 0.3) is 0 Å². The Morgan fingerprint density at radius 2 is 2.17 bits per heavy atom. The standard InChI is InChI=1S/C13H23N3O2/c1-18-10-9-16(8-4-7-14)13(17)11-5-2-3-6-12(11)15/h11-12H,2-6,8-10,15H2,1H3. The Kier molecular flexibility index (Phi) is 6.69. The zero-order valence-electron chi connectivity index (χ0n) is 11.1. The number of hydrogen-bond donors (Lipinski definition) is 1. The molecule has 1 fully saturated rings. The number of nitrogens with two attached hydrogens (primary N) is 1. The second kappa shape index (κ2) is 8.06. The predicted molar refractivity (Wildman–Crippen MR) is 68.6 cm³/mol. The van der Waals surface area contributed by atoms with Gasteiger partial charge in [-0.1, -0.05) is 12.8 Å². The maximum absolute atomic E-state index is 12.4. The molecule has 18 heavy (non-hydrogen) atoms. The van der Waals surface area contributed by atoms with Crippen LogP contribution in [-0.4, -0.2) is 43.7 Å². The second-order valence-corrected chi connectivity index (χ2v) is 4.78. The van der Waals surface area contributed by atoms with E-state index in [4.69, 9.17) is 15.7 Å². The minimum Gasteiger partial charge on any atom is -0.383 e. The molecule has 0 bridgehead atoms. The number of rotatable bonds is 6. The molecule has 0 saturated heterocycles. The molecule has 2 N–H and O–H groups in total. The molecule has 5 heteroatoms. The van der Waals surface area contributed by atoms with Crippen LogP contribution in [-0.2, 0) is 9.53 Å². The Hall–Kier alpha value is -1.12. The lowest BCUT2D eigenvalue weighted by atomic mass is 9.84. The van der Waals surface area contributed by atoms with Gasteiger partial charge in [-0.2, -0.15) is 5.26 Å². The van der Waals surface area contributed by atoms with E-state index in [9.17, 15) is 4.79 Å². The zero-order chi connectivity index (χ0) is 13.4. The summed E-state index contributed by atoms with van der Waals surface area (Å²) in [5, 5.41) is 8.64. The van der Waals surface area contributed by atoms with Crippen molar-refractivity contribution < 1.29 is 9.53 Å². The lowest BCUT2D eigenvalue weighted by Gasteiger charge is -2.32. The van der Waals surface area contributed by atoms with Crippen LogP contribution in [0.1, 0.15) is 32.1 Å². The molecule has 1 aliphatic carbocycles. The number of amides is 1. The number of ether oxygens (including phenoxy) is 1. The largest absolute Gasteiger partial charge is 0.383 e. The quantitative estimate of drug-likeness (QED) is 0.762. The lowest BCUT2D eigenvalue weighted by Crippen LogP contribution is -2.46. The Bertz CT molecular complexity index is 301. The van der Waals surface area contributed by atoms with Crippen molar-refractivity contribution in [3.8, 4) is 6.07 Å². The molecular weight excluding hydrogens is 230 g/mol. The highest BCUT2D eigenvalue weighted by molar-refractivity contribution is 5.79. The van der Waals surface area contributed by atoms with Gasteiger partial charge in [-0.15, -0.1) is 0 Å². The van der Waals surface area contributed by atoms with Crippen molar-refractivity contribution in [2.45, 2.75) is 38.1 Å². The first-order valence-corrected chi connectivity index (χ1v) is 6.61. The molecule has 0 aromatic carbocycles. The van der Waals surface area contributed by atoms with Gasteiger partial charge in [-0.25, -0.2) is 0 Å². The van der Waals surface area contributed by atoms with Crippen LogP contribution in [0.5, 0.6) is 0 Å². The SMILES string of the molecule is COCCN(CCC#N)C(=O)C1CCCCC1N. The van der Waals surface area contributed by atoms with Gasteiger partial charge in [0.15, 0.2) is 0 Å². The van der Waals surface area contributed by atoms with E-state index in [2.05, 4.69) is 6.07 Å². The van der Waals surface area contributed by atoms with Gasteiger partial charge in [0.25, 0.3) is 0 Å². The highest BCUT2D eigenvalue weighted by Crippen LogP contribution is 2.24. The van der Waals surface area contributed by atoms with Crippen molar-refractivity contribution in [1.29, 1.82) is 5.26 Å². The molecule has 1 rings (SSSR count). The van der Waals surface area contributed by atoms with E-state index in [1.165, 1.54) is 0 Å². The summed E-state index contributed by atoms with van der Waals surface area (Å²) in [6, 6.07) is 2.05. The Labute approximate surface area is 109 Å². The number of hydrogen-bond acceptors (Lipinski definition) is 4. The van der Waals surface area contributed by atoms with E-state index in [1.54, 1.807) is 12.0 Å². The molecule has 0 aromatic heterocycles. The van der Waals surface area contributed by atoms with Crippen molar-refractivity contribution in [3.63, 3.8) is 0 Å². The van der Waals surface area contributed by atoms with Gasteiger partial charge in [-0.3, -0.25) is 4.79 Å². The van der Waals surface area contributed by atoms with Crippen LogP contribution in [0.15, 0.2) is 0 Å². The molecule has 2 unspecified atom stereocenters. The van der Waals surface area contributed by atoms with Crippen LogP contribution in [0.2, 0.25) is 0 Å². The molecule has 0 heterocycles. The number of nitriles is 1. The fourth-order valence-corrected chi connectivity index (χ4v) is 2.42. The van der Waals surface area contributed by atoms with Gasteiger partial charge < -0.3 is 15.4 Å². The molecular formula is C13H23N3O2. The maximum Gasteiger partial charge on any atom is 0.227 e. The number of methoxy groups -OCH3 is 1. The first kappa shape index (κ1) is 14.9. The fourth-order valence-electron chi connectivity index (χ4n) is 2.42. The smallest absolute Gasteiger partial charge is 0.227 e. The van der Waals surface area contributed by atoms with Crippen LogP contribution in [0, 0.1) is 17.2 Å². The van der Waals surface area contributed by atoms with Crippen molar-refractivity contribution in [3.05, 3.63) is 0 Å². The average Bonchev–Trinajstić information content (AvgIpc) is 2.39. The van der Waals surface area contributed by atoms with Crippen molar-refractivity contribution in [1.82, 2.24) is 4.90 Å². The summed E-state index contributed by atoms with van der Waals surface area (Å²) in [5.74, 6) is 0.0174. The summed E-state index contributed by atoms with van der Waals surface area (Å²) in [5.41, 5.74) is 6.03. The van der Waals surface area contributed by atoms with E-state index >= 15 is 0 Å². The van der Waals surface area contributed by atoms with Gasteiger partial charge in [0.2, 0.25) is 5.91 Å². The van der Waals surface area contributed by atoms with Crippen molar-refractivity contribution >= 4 is 5.91 Å². The predicted octanol–water partition coefficient (Wildman–Crippen LogP) is 0.893. The molecule has 0 aromatic rings. The van der Waals surface area contributed by atoms with Gasteiger partial charge in [0.1, 0.15) is 0 Å². The molecule has 0 spiro atoms. The van der Waals surface area contributed by atoms with Crippen LogP contribution < -0.4 is 5.73 Å². The summed E-state index contributed by atoms with van der Waals surface area (Å²) >= 11 is 0. The van der Waals surface area contributed by atoms with E-state index in [0.717, 1.165) is 25.7 Å². The van der Waals surface area contributed by atoms with Gasteiger partial charge in [0, 0.05) is 26.2 Å². The molecule has 5 nitrogen and oxygen atoms in total. The molecule has 2 atom stereocenters. The normalized spacial score (nSPS) is 23.4. The van der Waals surface area contributed by atoms with Crippen LogP contribution in [0.3, 0.4) is 0 Å². The molecule has 1 amide bonds. The highest BCUT2D eigenvalue weighted by Gasteiger charge is 2.31. The van der Waals surface area contributed by atoms with Gasteiger partial charge in [-0.05, 0) is 12.8 Å². The minimum atomic E-state index is -0.0747. The van der Waals surface area contributed by atoms with Crippen molar-refractivity contribution in [2.75, 3.05) is 26.8 Å². The van der Waals surface area contributed by atoms with Gasteiger partial charge in [0.05, 0.1) is 25.0 Å². The first-order chi connectivity index (χ1) is 8.70. The van der Waals surface area contributed by atoms with E-state index in [1.807, 2.05) is 0 Å². The van der Waals surface area contributed by atoms with Crippen molar-refractivity contribution in [2.24, 2.45) is 11.7 Å². The molecule has 1 aliphatic rings. The average molecular weight is 253 g/mol. The Morgan fingerprint density at radius 1 is 1.44 bits per heavy atom.